The third-order valence-corrected chi connectivity index (χ3v) is 2.71. The van der Waals surface area contributed by atoms with Crippen LogP contribution in [0.25, 0.3) is 0 Å². The third-order valence-electron chi connectivity index (χ3n) is 1.37. The van der Waals surface area contributed by atoms with E-state index in [9.17, 15) is 4.21 Å². The lowest BCUT2D eigenvalue weighted by Crippen LogP contribution is -1.93. The molecule has 1 N–H and O–H groups in total. The maximum Gasteiger partial charge on any atom is 0.115 e. The van der Waals surface area contributed by atoms with Gasteiger partial charge in [0.1, 0.15) is 5.75 Å². The van der Waals surface area contributed by atoms with Gasteiger partial charge in [0.05, 0.1) is 10.8 Å². The van der Waals surface area contributed by atoms with Crippen LogP contribution < -0.4 is 0 Å². The first-order valence-electron chi connectivity index (χ1n) is 3.52. The molecule has 0 aliphatic rings. The van der Waals surface area contributed by atoms with Crippen molar-refractivity contribution >= 4 is 10.8 Å². The highest BCUT2D eigenvalue weighted by Gasteiger charge is 1.99. The first-order valence-corrected chi connectivity index (χ1v) is 4.84. The van der Waals surface area contributed by atoms with E-state index in [1.807, 2.05) is 0 Å². The van der Waals surface area contributed by atoms with Crippen LogP contribution in [0.2, 0.25) is 0 Å². The van der Waals surface area contributed by atoms with Crippen LogP contribution in [0, 0.1) is 0 Å². The Morgan fingerprint density at radius 1 is 1.42 bits per heavy atom. The SMILES string of the molecule is C=CCS(=O)c1ccc(O)cc1. The third kappa shape index (κ3) is 2.20. The first-order chi connectivity index (χ1) is 5.74. The lowest BCUT2D eigenvalue weighted by atomic mass is 10.3. The molecule has 1 atom stereocenters. The average molecular weight is 182 g/mol. The van der Waals surface area contributed by atoms with Gasteiger partial charge < -0.3 is 5.11 Å². The molecule has 0 saturated carbocycles. The molecule has 2 nitrogen and oxygen atoms in total. The summed E-state index contributed by atoms with van der Waals surface area (Å²) in [5.41, 5.74) is 0. The highest BCUT2D eigenvalue weighted by molar-refractivity contribution is 7.85. The summed E-state index contributed by atoms with van der Waals surface area (Å²) in [6.45, 7) is 3.50. The van der Waals surface area contributed by atoms with E-state index in [0.717, 1.165) is 0 Å². The van der Waals surface area contributed by atoms with Gasteiger partial charge in [-0.25, -0.2) is 0 Å². The molecule has 0 aliphatic carbocycles. The molecule has 1 aromatic rings. The minimum absolute atomic E-state index is 0.189. The summed E-state index contributed by atoms with van der Waals surface area (Å²) < 4.78 is 11.3. The van der Waals surface area contributed by atoms with E-state index in [0.29, 0.717) is 10.6 Å². The Hall–Kier alpha value is -1.09. The maximum absolute atomic E-state index is 11.3. The largest absolute Gasteiger partial charge is 0.508 e. The maximum atomic E-state index is 11.3. The van der Waals surface area contributed by atoms with Crippen LogP contribution >= 0.6 is 0 Å². The number of hydrogen-bond acceptors (Lipinski definition) is 2. The Labute approximate surface area is 74.0 Å². The molecular formula is C9H10O2S. The zero-order valence-corrected chi connectivity index (χ0v) is 7.38. The molecule has 0 aromatic heterocycles. The molecule has 0 saturated heterocycles. The minimum Gasteiger partial charge on any atom is -0.508 e. The summed E-state index contributed by atoms with van der Waals surface area (Å²) in [6.07, 6.45) is 1.61. The van der Waals surface area contributed by atoms with Crippen molar-refractivity contribution in [3.8, 4) is 5.75 Å². The average Bonchev–Trinajstić information content (AvgIpc) is 2.06. The fraction of sp³-hybridized carbons (Fsp3) is 0.111. The number of phenols is 1. The zero-order valence-electron chi connectivity index (χ0n) is 6.56. The van der Waals surface area contributed by atoms with Gasteiger partial charge in [0.2, 0.25) is 0 Å². The molecule has 3 heteroatoms. The monoisotopic (exact) mass is 182 g/mol. The Kier molecular flexibility index (Phi) is 3.05. The number of benzene rings is 1. The quantitative estimate of drug-likeness (QED) is 0.722. The topological polar surface area (TPSA) is 37.3 Å². The van der Waals surface area contributed by atoms with E-state index in [2.05, 4.69) is 6.58 Å². The summed E-state index contributed by atoms with van der Waals surface area (Å²) in [7, 11) is -1.02. The van der Waals surface area contributed by atoms with Crippen LogP contribution in [0.15, 0.2) is 41.8 Å². The number of phenolic OH excluding ortho intramolecular Hbond substituents is 1. The highest BCUT2D eigenvalue weighted by atomic mass is 32.2. The van der Waals surface area contributed by atoms with Crippen LogP contribution in [-0.4, -0.2) is 15.1 Å². The lowest BCUT2D eigenvalue weighted by molar-refractivity contribution is 0.475. The lowest BCUT2D eigenvalue weighted by Gasteiger charge is -1.97. The predicted octanol–water partition coefficient (Wildman–Crippen LogP) is 1.69. The van der Waals surface area contributed by atoms with Gasteiger partial charge in [0.25, 0.3) is 0 Å². The van der Waals surface area contributed by atoms with E-state index < -0.39 is 10.8 Å². The minimum atomic E-state index is -1.02. The Morgan fingerprint density at radius 2 is 2.00 bits per heavy atom. The van der Waals surface area contributed by atoms with Crippen molar-refractivity contribution in [3.05, 3.63) is 36.9 Å². The summed E-state index contributed by atoms with van der Waals surface area (Å²) in [5, 5.41) is 8.95. The van der Waals surface area contributed by atoms with Gasteiger partial charge in [-0.15, -0.1) is 6.58 Å². The summed E-state index contributed by atoms with van der Waals surface area (Å²) in [5.74, 6) is 0.638. The van der Waals surface area contributed by atoms with Gasteiger partial charge in [-0.3, -0.25) is 4.21 Å². The van der Waals surface area contributed by atoms with Crippen molar-refractivity contribution in [1.29, 1.82) is 0 Å². The molecular weight excluding hydrogens is 172 g/mol. The fourth-order valence-electron chi connectivity index (χ4n) is 0.801. The van der Waals surface area contributed by atoms with Crippen LogP contribution in [0.3, 0.4) is 0 Å². The Balaban J connectivity index is 2.82. The van der Waals surface area contributed by atoms with Gasteiger partial charge in [0, 0.05) is 10.6 Å². The molecule has 0 amide bonds. The number of hydrogen-bond donors (Lipinski definition) is 1. The van der Waals surface area contributed by atoms with Crippen LogP contribution in [-0.2, 0) is 10.8 Å². The normalized spacial score (nSPS) is 12.3. The van der Waals surface area contributed by atoms with E-state index in [4.69, 9.17) is 5.11 Å². The highest BCUT2D eigenvalue weighted by Crippen LogP contribution is 2.12. The van der Waals surface area contributed by atoms with E-state index in [-0.39, 0.29) is 5.75 Å². The first kappa shape index (κ1) is 9.00. The summed E-state index contributed by atoms with van der Waals surface area (Å²) >= 11 is 0. The van der Waals surface area contributed by atoms with E-state index in [1.165, 1.54) is 12.1 Å². The molecule has 0 spiro atoms. The van der Waals surface area contributed by atoms with Gasteiger partial charge in [-0.1, -0.05) is 6.08 Å². The van der Waals surface area contributed by atoms with Crippen molar-refractivity contribution < 1.29 is 9.32 Å². The second kappa shape index (κ2) is 4.07. The zero-order chi connectivity index (χ0) is 8.97. The van der Waals surface area contributed by atoms with Gasteiger partial charge in [-0.2, -0.15) is 0 Å². The second-order valence-corrected chi connectivity index (χ2v) is 3.79. The molecule has 1 aromatic carbocycles. The number of rotatable bonds is 3. The molecule has 1 unspecified atom stereocenters. The molecule has 0 radical (unpaired) electrons. The van der Waals surface area contributed by atoms with Gasteiger partial charge >= 0.3 is 0 Å². The fourth-order valence-corrected chi connectivity index (χ4v) is 1.65. The summed E-state index contributed by atoms with van der Waals surface area (Å²) in [6, 6.07) is 6.34. The smallest absolute Gasteiger partial charge is 0.115 e. The van der Waals surface area contributed by atoms with Gasteiger partial charge in [-0.05, 0) is 24.3 Å². The molecule has 0 aliphatic heterocycles. The van der Waals surface area contributed by atoms with Crippen molar-refractivity contribution in [2.75, 3.05) is 5.75 Å². The molecule has 0 heterocycles. The van der Waals surface area contributed by atoms with Crippen LogP contribution in [0.4, 0.5) is 0 Å². The molecule has 0 bridgehead atoms. The summed E-state index contributed by atoms with van der Waals surface area (Å²) in [4.78, 5) is 0.715. The second-order valence-electron chi connectivity index (χ2n) is 2.29. The van der Waals surface area contributed by atoms with Crippen molar-refractivity contribution in [3.63, 3.8) is 0 Å². The molecule has 12 heavy (non-hydrogen) atoms. The van der Waals surface area contributed by atoms with Crippen LogP contribution in [0.1, 0.15) is 0 Å². The van der Waals surface area contributed by atoms with Crippen molar-refractivity contribution in [2.45, 2.75) is 4.90 Å². The van der Waals surface area contributed by atoms with Crippen LogP contribution in [0.5, 0.6) is 5.75 Å². The Bertz CT molecular complexity index is 290. The standard InChI is InChI=1S/C9H10O2S/c1-2-7-12(11)9-5-3-8(10)4-6-9/h2-6,10H,1,7H2. The number of aromatic hydroxyl groups is 1. The molecule has 64 valence electrons. The Morgan fingerprint density at radius 3 is 2.50 bits per heavy atom. The van der Waals surface area contributed by atoms with E-state index >= 15 is 0 Å². The van der Waals surface area contributed by atoms with Crippen molar-refractivity contribution in [1.82, 2.24) is 0 Å². The molecule has 0 fully saturated rings. The van der Waals surface area contributed by atoms with Gasteiger partial charge in [0.15, 0.2) is 0 Å². The molecule has 1 rings (SSSR count). The van der Waals surface area contributed by atoms with E-state index in [1.54, 1.807) is 18.2 Å². The predicted molar refractivity (Wildman–Crippen MR) is 49.6 cm³/mol. The van der Waals surface area contributed by atoms with Crippen molar-refractivity contribution in [2.24, 2.45) is 0 Å².